The van der Waals surface area contributed by atoms with Crippen LogP contribution in [0.15, 0.2) is 66.2 Å². The van der Waals surface area contributed by atoms with Crippen LogP contribution in [-0.4, -0.2) is 13.2 Å². The minimum absolute atomic E-state index is 0.428. The highest BCUT2D eigenvalue weighted by atomic mass is 16.5. The van der Waals surface area contributed by atoms with Crippen LogP contribution in [0.3, 0.4) is 0 Å². The van der Waals surface area contributed by atoms with Gasteiger partial charge in [0.2, 0.25) is 0 Å². The van der Waals surface area contributed by atoms with Crippen LogP contribution in [0.25, 0.3) is 17.2 Å². The highest BCUT2D eigenvalue weighted by Crippen LogP contribution is 2.50. The number of allylic oxidation sites excluding steroid dienone is 1. The van der Waals surface area contributed by atoms with Crippen molar-refractivity contribution in [3.63, 3.8) is 0 Å². The van der Waals surface area contributed by atoms with Gasteiger partial charge in [-0.15, -0.1) is 0 Å². The van der Waals surface area contributed by atoms with Crippen LogP contribution in [0.5, 0.6) is 11.5 Å². The van der Waals surface area contributed by atoms with Gasteiger partial charge in [0.1, 0.15) is 0 Å². The van der Waals surface area contributed by atoms with Crippen molar-refractivity contribution < 1.29 is 9.47 Å². The summed E-state index contributed by atoms with van der Waals surface area (Å²) in [6, 6.07) is 22.7. The van der Waals surface area contributed by atoms with Crippen LogP contribution in [-0.2, 0) is 0 Å². The van der Waals surface area contributed by atoms with Crippen molar-refractivity contribution in [1.29, 1.82) is 0 Å². The molecule has 0 saturated heterocycles. The molecule has 0 amide bonds. The van der Waals surface area contributed by atoms with Crippen molar-refractivity contribution in [2.45, 2.75) is 148 Å². The summed E-state index contributed by atoms with van der Waals surface area (Å²) in [5.41, 5.74) is 10.0. The molecule has 3 aromatic rings. The second-order valence-electron chi connectivity index (χ2n) is 14.3. The number of rotatable bonds is 23. The quantitative estimate of drug-likeness (QED) is 0.0966. The third-order valence-electron chi connectivity index (χ3n) is 10.7. The molecule has 0 radical (unpaired) electrons. The Morgan fingerprint density at radius 1 is 0.489 bits per heavy atom. The van der Waals surface area contributed by atoms with Crippen LogP contribution in [0.4, 0.5) is 0 Å². The normalized spacial score (nSPS) is 15.0. The SMILES string of the molecule is CCCCCCCCCCOc1cc2c(cc1OCCCCCCCCCC)C(CCC1c3ccccc3-c3ccccc31)C(C)=C2. The van der Waals surface area contributed by atoms with Gasteiger partial charge in [-0.2, -0.15) is 0 Å². The van der Waals surface area contributed by atoms with E-state index >= 15 is 0 Å². The van der Waals surface area contributed by atoms with Gasteiger partial charge in [0.05, 0.1) is 13.2 Å². The summed E-state index contributed by atoms with van der Waals surface area (Å²) < 4.78 is 13.0. The first kappa shape index (κ1) is 35.3. The number of benzene rings is 3. The van der Waals surface area contributed by atoms with E-state index in [0.717, 1.165) is 50.4 Å². The Balaban J connectivity index is 1.21. The molecule has 2 aliphatic rings. The zero-order valence-electron chi connectivity index (χ0n) is 30.0. The summed E-state index contributed by atoms with van der Waals surface area (Å²) in [4.78, 5) is 0. The standard InChI is InChI=1S/C45H62O2/c1-4-6-8-10-12-14-16-22-30-46-44-33-36-32-35(3)37(43(36)34-45(44)47-31-23-17-15-13-11-9-7-5-2)28-29-42-40-26-20-18-24-38(40)39-25-19-21-27-41(39)42/h18-21,24-27,32-34,37,42H,4-17,22-23,28-31H2,1-3H3. The zero-order valence-corrected chi connectivity index (χ0v) is 30.0. The van der Waals surface area contributed by atoms with E-state index in [1.165, 1.54) is 129 Å². The second kappa shape index (κ2) is 19.1. The van der Waals surface area contributed by atoms with Gasteiger partial charge in [-0.05, 0) is 78.1 Å². The van der Waals surface area contributed by atoms with E-state index in [4.69, 9.17) is 9.47 Å². The maximum Gasteiger partial charge on any atom is 0.161 e. The van der Waals surface area contributed by atoms with Gasteiger partial charge in [-0.1, -0.05) is 164 Å². The predicted molar refractivity (Wildman–Crippen MR) is 202 cm³/mol. The molecule has 0 fully saturated rings. The number of hydrogen-bond donors (Lipinski definition) is 0. The van der Waals surface area contributed by atoms with Crippen LogP contribution in [0.1, 0.15) is 170 Å². The lowest BCUT2D eigenvalue weighted by Crippen LogP contribution is -2.06. The van der Waals surface area contributed by atoms with Crippen molar-refractivity contribution >= 4 is 6.08 Å². The average molecular weight is 635 g/mol. The van der Waals surface area contributed by atoms with Crippen molar-refractivity contribution in [2.75, 3.05) is 13.2 Å². The number of hydrogen-bond acceptors (Lipinski definition) is 2. The second-order valence-corrected chi connectivity index (χ2v) is 14.3. The Labute approximate surface area is 287 Å². The lowest BCUT2D eigenvalue weighted by atomic mass is 9.85. The van der Waals surface area contributed by atoms with E-state index in [-0.39, 0.29) is 0 Å². The van der Waals surface area contributed by atoms with Gasteiger partial charge in [-0.3, -0.25) is 0 Å². The van der Waals surface area contributed by atoms with Crippen LogP contribution < -0.4 is 9.47 Å². The highest BCUT2D eigenvalue weighted by molar-refractivity contribution is 5.78. The molecule has 3 aromatic carbocycles. The molecule has 0 bridgehead atoms. The summed E-state index contributed by atoms with van der Waals surface area (Å²) >= 11 is 0. The van der Waals surface area contributed by atoms with Gasteiger partial charge in [0.25, 0.3) is 0 Å². The van der Waals surface area contributed by atoms with Gasteiger partial charge in [-0.25, -0.2) is 0 Å². The lowest BCUT2D eigenvalue weighted by molar-refractivity contribution is 0.258. The fourth-order valence-corrected chi connectivity index (χ4v) is 7.96. The molecular formula is C45H62O2. The summed E-state index contributed by atoms with van der Waals surface area (Å²) in [6.07, 6.45) is 25.7. The zero-order chi connectivity index (χ0) is 32.7. The first-order valence-corrected chi connectivity index (χ1v) is 19.5. The first-order valence-electron chi connectivity index (χ1n) is 19.5. The molecule has 254 valence electrons. The van der Waals surface area contributed by atoms with E-state index in [1.807, 2.05) is 0 Å². The fraction of sp³-hybridized carbons (Fsp3) is 0.556. The summed E-state index contributed by atoms with van der Waals surface area (Å²) in [7, 11) is 0. The molecular weight excluding hydrogens is 572 g/mol. The summed E-state index contributed by atoms with van der Waals surface area (Å²) in [5.74, 6) is 2.79. The minimum atomic E-state index is 0.428. The topological polar surface area (TPSA) is 18.5 Å². The van der Waals surface area contributed by atoms with Crippen molar-refractivity contribution in [3.8, 4) is 22.6 Å². The number of fused-ring (bicyclic) bond motifs is 4. The summed E-state index contributed by atoms with van der Waals surface area (Å²) in [5, 5.41) is 0. The Morgan fingerprint density at radius 3 is 1.47 bits per heavy atom. The van der Waals surface area contributed by atoms with Crippen LogP contribution >= 0.6 is 0 Å². The molecule has 1 unspecified atom stereocenters. The molecule has 0 aliphatic heterocycles. The van der Waals surface area contributed by atoms with Crippen molar-refractivity contribution in [2.24, 2.45) is 0 Å². The third-order valence-corrected chi connectivity index (χ3v) is 10.7. The maximum atomic E-state index is 6.55. The Bertz CT molecular complexity index is 1360. The molecule has 0 aromatic heterocycles. The molecule has 0 heterocycles. The average Bonchev–Trinajstić information content (AvgIpc) is 3.58. The molecule has 0 saturated carbocycles. The monoisotopic (exact) mass is 634 g/mol. The van der Waals surface area contributed by atoms with E-state index in [0.29, 0.717) is 11.8 Å². The lowest BCUT2D eigenvalue weighted by Gasteiger charge is -2.21. The van der Waals surface area contributed by atoms with Gasteiger partial charge in [0.15, 0.2) is 11.5 Å². The van der Waals surface area contributed by atoms with E-state index in [2.05, 4.69) is 87.5 Å². The molecule has 2 nitrogen and oxygen atoms in total. The minimum Gasteiger partial charge on any atom is -0.490 e. The molecule has 47 heavy (non-hydrogen) atoms. The smallest absolute Gasteiger partial charge is 0.161 e. The predicted octanol–water partition coefficient (Wildman–Crippen LogP) is 13.8. The molecule has 2 aliphatic carbocycles. The van der Waals surface area contributed by atoms with Gasteiger partial charge in [0, 0.05) is 11.8 Å². The molecule has 0 spiro atoms. The molecule has 0 N–H and O–H groups in total. The van der Waals surface area contributed by atoms with E-state index in [1.54, 1.807) is 0 Å². The Kier molecular flexibility index (Phi) is 14.4. The van der Waals surface area contributed by atoms with Crippen molar-refractivity contribution in [1.82, 2.24) is 0 Å². The van der Waals surface area contributed by atoms with Gasteiger partial charge < -0.3 is 9.47 Å². The Hall–Kier alpha value is -3.00. The maximum absolute atomic E-state index is 6.55. The largest absolute Gasteiger partial charge is 0.490 e. The van der Waals surface area contributed by atoms with Crippen LogP contribution in [0.2, 0.25) is 0 Å². The van der Waals surface area contributed by atoms with E-state index in [9.17, 15) is 0 Å². The first-order chi connectivity index (χ1) is 23.2. The fourth-order valence-electron chi connectivity index (χ4n) is 7.96. The number of ether oxygens (including phenoxy) is 2. The summed E-state index contributed by atoms with van der Waals surface area (Å²) in [6.45, 7) is 8.44. The van der Waals surface area contributed by atoms with Gasteiger partial charge >= 0.3 is 0 Å². The third kappa shape index (κ3) is 9.77. The molecule has 1 atom stereocenters. The highest BCUT2D eigenvalue weighted by Gasteiger charge is 2.31. The number of unbranched alkanes of at least 4 members (excludes halogenated alkanes) is 14. The van der Waals surface area contributed by atoms with E-state index < -0.39 is 0 Å². The van der Waals surface area contributed by atoms with Crippen molar-refractivity contribution in [3.05, 3.63) is 88.5 Å². The molecule has 2 heteroatoms. The Morgan fingerprint density at radius 2 is 0.936 bits per heavy atom. The molecule has 5 rings (SSSR count). The van der Waals surface area contributed by atoms with Crippen LogP contribution in [0, 0.1) is 0 Å².